The number of aliphatic hydroxyl groups is 1. The van der Waals surface area contributed by atoms with Gasteiger partial charge in [-0.15, -0.1) is 0 Å². The molecule has 0 bridgehead atoms. The second-order valence-corrected chi connectivity index (χ2v) is 8.02. The maximum Gasteiger partial charge on any atom is 0.0772 e. The van der Waals surface area contributed by atoms with Gasteiger partial charge < -0.3 is 10.4 Å². The van der Waals surface area contributed by atoms with E-state index in [2.05, 4.69) is 25.2 Å². The zero-order chi connectivity index (χ0) is 15.3. The topological polar surface area (TPSA) is 56.0 Å². The largest absolute Gasteiger partial charge is 0.389 e. The summed E-state index contributed by atoms with van der Waals surface area (Å²) in [4.78, 5) is 0. The molecular formula is C17H32N2O. The molecule has 1 saturated carbocycles. The predicted molar refractivity (Wildman–Crippen MR) is 83.3 cm³/mol. The highest BCUT2D eigenvalue weighted by Gasteiger charge is 2.36. The Morgan fingerprint density at radius 2 is 1.75 bits per heavy atom. The molecule has 0 aromatic carbocycles. The second kappa shape index (κ2) is 6.91. The number of unbranched alkanes of at least 4 members (excludes halogenated alkanes) is 1. The molecule has 1 aliphatic rings. The Kier molecular flexibility index (Phi) is 6.04. The van der Waals surface area contributed by atoms with Gasteiger partial charge in [-0.2, -0.15) is 5.26 Å². The average molecular weight is 280 g/mol. The van der Waals surface area contributed by atoms with Crippen molar-refractivity contribution in [3.63, 3.8) is 0 Å². The summed E-state index contributed by atoms with van der Waals surface area (Å²) in [5, 5.41) is 22.9. The minimum Gasteiger partial charge on any atom is -0.389 e. The van der Waals surface area contributed by atoms with Crippen molar-refractivity contribution in [3.05, 3.63) is 0 Å². The highest BCUT2D eigenvalue weighted by atomic mass is 16.3. The van der Waals surface area contributed by atoms with E-state index in [9.17, 15) is 5.11 Å². The molecule has 3 nitrogen and oxygen atoms in total. The van der Waals surface area contributed by atoms with Crippen LogP contribution < -0.4 is 5.32 Å². The molecule has 0 atom stereocenters. The normalized spacial score (nSPS) is 21.4. The van der Waals surface area contributed by atoms with E-state index < -0.39 is 5.60 Å². The average Bonchev–Trinajstić information content (AvgIpc) is 2.38. The van der Waals surface area contributed by atoms with Crippen LogP contribution >= 0.6 is 0 Å². The molecule has 0 unspecified atom stereocenters. The number of hydrogen-bond acceptors (Lipinski definition) is 3. The summed E-state index contributed by atoms with van der Waals surface area (Å²) in [6.07, 6.45) is 7.14. The summed E-state index contributed by atoms with van der Waals surface area (Å²) in [5.74, 6) is 0. The molecule has 0 aromatic rings. The number of nitrogens with zero attached hydrogens (tertiary/aromatic N) is 1. The summed E-state index contributed by atoms with van der Waals surface area (Å²) >= 11 is 0. The number of nitriles is 1. The zero-order valence-corrected chi connectivity index (χ0v) is 13.8. The Balaban J connectivity index is 2.11. The summed E-state index contributed by atoms with van der Waals surface area (Å²) in [7, 11) is 0. The van der Waals surface area contributed by atoms with Gasteiger partial charge in [0.2, 0.25) is 0 Å². The van der Waals surface area contributed by atoms with Crippen LogP contribution in [0, 0.1) is 22.2 Å². The highest BCUT2D eigenvalue weighted by Crippen LogP contribution is 2.39. The number of nitrogens with one attached hydrogen (secondary N) is 1. The van der Waals surface area contributed by atoms with Crippen molar-refractivity contribution >= 4 is 0 Å². The Bertz CT molecular complexity index is 331. The van der Waals surface area contributed by atoms with Crippen LogP contribution in [-0.4, -0.2) is 23.8 Å². The third-order valence-electron chi connectivity index (χ3n) is 4.70. The molecule has 3 heteroatoms. The van der Waals surface area contributed by atoms with Gasteiger partial charge in [0.15, 0.2) is 0 Å². The maximum absolute atomic E-state index is 10.5. The molecule has 116 valence electrons. The van der Waals surface area contributed by atoms with Gasteiger partial charge in [-0.25, -0.2) is 0 Å². The fourth-order valence-electron chi connectivity index (χ4n) is 2.76. The Hall–Kier alpha value is -0.590. The van der Waals surface area contributed by atoms with Gasteiger partial charge in [-0.3, -0.25) is 0 Å². The molecular weight excluding hydrogens is 248 g/mol. The monoisotopic (exact) mass is 280 g/mol. The first-order chi connectivity index (χ1) is 9.18. The third-order valence-corrected chi connectivity index (χ3v) is 4.70. The van der Waals surface area contributed by atoms with Crippen molar-refractivity contribution in [3.8, 4) is 6.07 Å². The maximum atomic E-state index is 10.5. The second-order valence-electron chi connectivity index (χ2n) is 8.02. The first-order valence-electron chi connectivity index (χ1n) is 8.03. The summed E-state index contributed by atoms with van der Waals surface area (Å²) in [5.41, 5.74) is -0.302. The van der Waals surface area contributed by atoms with Crippen LogP contribution in [0.2, 0.25) is 0 Å². The molecule has 0 heterocycles. The zero-order valence-electron chi connectivity index (χ0n) is 13.8. The fraction of sp³-hybridized carbons (Fsp3) is 0.941. The van der Waals surface area contributed by atoms with Crippen LogP contribution in [-0.2, 0) is 0 Å². The Labute approximate surface area is 124 Å². The minimum atomic E-state index is -0.499. The highest BCUT2D eigenvalue weighted by molar-refractivity contribution is 4.92. The van der Waals surface area contributed by atoms with Crippen LogP contribution in [0.1, 0.15) is 72.6 Å². The quantitative estimate of drug-likeness (QED) is 0.700. The summed E-state index contributed by atoms with van der Waals surface area (Å²) in [6.45, 7) is 10.2. The van der Waals surface area contributed by atoms with Crippen molar-refractivity contribution in [1.82, 2.24) is 5.32 Å². The van der Waals surface area contributed by atoms with Crippen LogP contribution in [0.15, 0.2) is 0 Å². The van der Waals surface area contributed by atoms with E-state index >= 15 is 0 Å². The Morgan fingerprint density at radius 1 is 1.15 bits per heavy atom. The SMILES string of the molecule is CC(C)(C#N)CCCCNCC1(O)CCC(C)(C)CC1. The number of hydrogen-bond donors (Lipinski definition) is 2. The van der Waals surface area contributed by atoms with E-state index in [1.807, 2.05) is 13.8 Å². The molecule has 1 fully saturated rings. The molecule has 2 N–H and O–H groups in total. The van der Waals surface area contributed by atoms with Crippen molar-refractivity contribution in [2.24, 2.45) is 10.8 Å². The van der Waals surface area contributed by atoms with Crippen LogP contribution in [0.5, 0.6) is 0 Å². The van der Waals surface area contributed by atoms with Crippen molar-refractivity contribution < 1.29 is 5.11 Å². The van der Waals surface area contributed by atoms with Crippen molar-refractivity contribution in [2.45, 2.75) is 78.2 Å². The van der Waals surface area contributed by atoms with E-state index in [4.69, 9.17) is 5.26 Å². The lowest BCUT2D eigenvalue weighted by atomic mass is 9.71. The first-order valence-corrected chi connectivity index (χ1v) is 8.03. The van der Waals surface area contributed by atoms with Crippen LogP contribution in [0.4, 0.5) is 0 Å². The molecule has 0 saturated heterocycles. The van der Waals surface area contributed by atoms with E-state index in [0.717, 1.165) is 51.5 Å². The van der Waals surface area contributed by atoms with E-state index in [1.165, 1.54) is 0 Å². The molecule has 1 aliphatic carbocycles. The molecule has 0 spiro atoms. The van der Waals surface area contributed by atoms with Gasteiger partial charge in [0, 0.05) is 6.54 Å². The lowest BCUT2D eigenvalue weighted by Gasteiger charge is -2.40. The van der Waals surface area contributed by atoms with Crippen LogP contribution in [0.3, 0.4) is 0 Å². The molecule has 20 heavy (non-hydrogen) atoms. The fourth-order valence-corrected chi connectivity index (χ4v) is 2.76. The lowest BCUT2D eigenvalue weighted by Crippen LogP contribution is -2.45. The van der Waals surface area contributed by atoms with Gasteiger partial charge in [0.1, 0.15) is 0 Å². The molecule has 1 rings (SSSR count). The van der Waals surface area contributed by atoms with E-state index in [-0.39, 0.29) is 5.41 Å². The van der Waals surface area contributed by atoms with E-state index in [1.54, 1.807) is 0 Å². The molecule has 0 aliphatic heterocycles. The van der Waals surface area contributed by atoms with Gasteiger partial charge in [-0.1, -0.05) is 20.3 Å². The van der Waals surface area contributed by atoms with Gasteiger partial charge in [-0.05, 0) is 64.3 Å². The van der Waals surface area contributed by atoms with Gasteiger partial charge in [0.25, 0.3) is 0 Å². The smallest absolute Gasteiger partial charge is 0.0772 e. The Morgan fingerprint density at radius 3 is 2.30 bits per heavy atom. The van der Waals surface area contributed by atoms with Gasteiger partial charge in [0.05, 0.1) is 17.1 Å². The predicted octanol–water partition coefficient (Wildman–Crippen LogP) is 3.63. The lowest BCUT2D eigenvalue weighted by molar-refractivity contribution is -0.0242. The molecule has 0 amide bonds. The van der Waals surface area contributed by atoms with E-state index in [0.29, 0.717) is 12.0 Å². The summed E-state index contributed by atoms with van der Waals surface area (Å²) in [6, 6.07) is 2.34. The number of rotatable bonds is 7. The summed E-state index contributed by atoms with van der Waals surface area (Å²) < 4.78 is 0. The molecule has 0 radical (unpaired) electrons. The third kappa shape index (κ3) is 6.24. The van der Waals surface area contributed by atoms with Gasteiger partial charge >= 0.3 is 0 Å². The standard InChI is InChI=1S/C17H32N2O/c1-15(2)8-10-17(20,11-9-15)14-19-12-6-5-7-16(3,4)13-18/h19-20H,5-12,14H2,1-4H3. The van der Waals surface area contributed by atoms with Crippen molar-refractivity contribution in [1.29, 1.82) is 5.26 Å². The van der Waals surface area contributed by atoms with Crippen LogP contribution in [0.25, 0.3) is 0 Å². The first kappa shape index (κ1) is 17.5. The minimum absolute atomic E-state index is 0.201. The molecule has 0 aromatic heterocycles. The van der Waals surface area contributed by atoms with Crippen molar-refractivity contribution in [2.75, 3.05) is 13.1 Å².